The van der Waals surface area contributed by atoms with E-state index in [-0.39, 0.29) is 11.9 Å². The van der Waals surface area contributed by atoms with Gasteiger partial charge in [-0.3, -0.25) is 9.59 Å². The number of piperidine rings is 2. The van der Waals surface area contributed by atoms with Crippen LogP contribution in [0.5, 0.6) is 0 Å². The normalized spacial score (nSPS) is 22.5. The summed E-state index contributed by atoms with van der Waals surface area (Å²) in [7, 11) is 0. The molecular formula is C16H29N3O2. The standard InChI is InChI=1S/C16H29N3O2/c1-2-5-14(17)16(21)18-10-7-13(8-11-18)12-19-9-4-3-6-15(19)20/h13-14H,2-12,17H2,1H3. The molecule has 2 N–H and O–H groups in total. The highest BCUT2D eigenvalue weighted by Gasteiger charge is 2.28. The highest BCUT2D eigenvalue weighted by molar-refractivity contribution is 5.81. The molecule has 1 unspecified atom stereocenters. The lowest BCUT2D eigenvalue weighted by Crippen LogP contribution is -2.48. The number of nitrogens with zero attached hydrogens (tertiary/aromatic N) is 2. The number of hydrogen-bond acceptors (Lipinski definition) is 3. The Bertz CT molecular complexity index is 365. The molecule has 0 spiro atoms. The summed E-state index contributed by atoms with van der Waals surface area (Å²) >= 11 is 0. The second-order valence-corrected chi connectivity index (χ2v) is 6.46. The van der Waals surface area contributed by atoms with E-state index in [0.717, 1.165) is 64.7 Å². The summed E-state index contributed by atoms with van der Waals surface area (Å²) < 4.78 is 0. The van der Waals surface area contributed by atoms with Gasteiger partial charge in [0, 0.05) is 32.6 Å². The van der Waals surface area contributed by atoms with Crippen molar-refractivity contribution in [3.8, 4) is 0 Å². The van der Waals surface area contributed by atoms with E-state index in [1.807, 2.05) is 9.80 Å². The van der Waals surface area contributed by atoms with E-state index in [1.165, 1.54) is 0 Å². The first-order valence-electron chi connectivity index (χ1n) is 8.44. The van der Waals surface area contributed by atoms with E-state index >= 15 is 0 Å². The molecule has 0 aromatic heterocycles. The van der Waals surface area contributed by atoms with Crippen molar-refractivity contribution in [3.05, 3.63) is 0 Å². The largest absolute Gasteiger partial charge is 0.342 e. The molecule has 0 radical (unpaired) electrons. The van der Waals surface area contributed by atoms with Gasteiger partial charge in [-0.25, -0.2) is 0 Å². The first-order valence-corrected chi connectivity index (χ1v) is 8.44. The van der Waals surface area contributed by atoms with Gasteiger partial charge in [0.25, 0.3) is 0 Å². The minimum atomic E-state index is -0.338. The zero-order valence-electron chi connectivity index (χ0n) is 13.2. The molecule has 1 atom stereocenters. The van der Waals surface area contributed by atoms with Crippen molar-refractivity contribution in [3.63, 3.8) is 0 Å². The average Bonchev–Trinajstić information content (AvgIpc) is 2.50. The number of rotatable bonds is 5. The summed E-state index contributed by atoms with van der Waals surface area (Å²) in [6, 6.07) is -0.338. The Morgan fingerprint density at radius 2 is 2.00 bits per heavy atom. The Labute approximate surface area is 127 Å². The van der Waals surface area contributed by atoms with Crippen molar-refractivity contribution >= 4 is 11.8 Å². The number of nitrogens with two attached hydrogens (primary N) is 1. The number of carbonyl (C=O) groups excluding carboxylic acids is 2. The summed E-state index contributed by atoms with van der Waals surface area (Å²) in [6.07, 6.45) is 6.58. The third-order valence-electron chi connectivity index (χ3n) is 4.74. The smallest absolute Gasteiger partial charge is 0.239 e. The zero-order chi connectivity index (χ0) is 15.2. The van der Waals surface area contributed by atoms with Gasteiger partial charge in [0.05, 0.1) is 6.04 Å². The second kappa shape index (κ2) is 7.78. The first kappa shape index (κ1) is 16.3. The van der Waals surface area contributed by atoms with Gasteiger partial charge in [0.2, 0.25) is 11.8 Å². The van der Waals surface area contributed by atoms with Crippen molar-refractivity contribution in [2.24, 2.45) is 11.7 Å². The maximum Gasteiger partial charge on any atom is 0.239 e. The van der Waals surface area contributed by atoms with Gasteiger partial charge in [-0.15, -0.1) is 0 Å². The zero-order valence-corrected chi connectivity index (χ0v) is 13.2. The number of hydrogen-bond donors (Lipinski definition) is 1. The molecule has 0 bridgehead atoms. The maximum absolute atomic E-state index is 12.2. The van der Waals surface area contributed by atoms with E-state index in [9.17, 15) is 9.59 Å². The molecule has 2 fully saturated rings. The van der Waals surface area contributed by atoms with Crippen LogP contribution in [0.1, 0.15) is 51.9 Å². The van der Waals surface area contributed by atoms with Gasteiger partial charge in [-0.05, 0) is 38.0 Å². The summed E-state index contributed by atoms with van der Waals surface area (Å²) in [5.41, 5.74) is 5.92. The Balaban J connectivity index is 1.75. The monoisotopic (exact) mass is 295 g/mol. The molecule has 0 saturated carbocycles. The molecular weight excluding hydrogens is 266 g/mol. The number of amides is 2. The Kier molecular flexibility index (Phi) is 6.03. The minimum absolute atomic E-state index is 0.101. The van der Waals surface area contributed by atoms with E-state index in [0.29, 0.717) is 18.2 Å². The molecule has 2 aliphatic heterocycles. The molecule has 0 aromatic carbocycles. The molecule has 2 rings (SSSR count). The van der Waals surface area contributed by atoms with Crippen molar-refractivity contribution in [2.75, 3.05) is 26.2 Å². The quantitative estimate of drug-likeness (QED) is 0.833. The maximum atomic E-state index is 12.2. The predicted octanol–water partition coefficient (Wildman–Crippen LogP) is 1.36. The van der Waals surface area contributed by atoms with Crippen LogP contribution in [-0.4, -0.2) is 53.8 Å². The Morgan fingerprint density at radius 1 is 1.29 bits per heavy atom. The fourth-order valence-corrected chi connectivity index (χ4v) is 3.37. The van der Waals surface area contributed by atoms with Crippen LogP contribution >= 0.6 is 0 Å². The van der Waals surface area contributed by atoms with Crippen LogP contribution in [0.2, 0.25) is 0 Å². The van der Waals surface area contributed by atoms with Crippen LogP contribution < -0.4 is 5.73 Å². The van der Waals surface area contributed by atoms with Crippen LogP contribution in [0, 0.1) is 5.92 Å². The van der Waals surface area contributed by atoms with Crippen LogP contribution in [0.4, 0.5) is 0 Å². The second-order valence-electron chi connectivity index (χ2n) is 6.46. The van der Waals surface area contributed by atoms with Gasteiger partial charge >= 0.3 is 0 Å². The lowest BCUT2D eigenvalue weighted by Gasteiger charge is -2.37. The van der Waals surface area contributed by atoms with E-state index in [4.69, 9.17) is 5.73 Å². The highest BCUT2D eigenvalue weighted by Crippen LogP contribution is 2.21. The molecule has 120 valence electrons. The molecule has 21 heavy (non-hydrogen) atoms. The number of likely N-dealkylation sites (tertiary alicyclic amines) is 2. The third-order valence-corrected chi connectivity index (χ3v) is 4.74. The van der Waals surface area contributed by atoms with E-state index < -0.39 is 0 Å². The summed E-state index contributed by atoms with van der Waals surface area (Å²) in [5, 5.41) is 0. The Hall–Kier alpha value is -1.10. The topological polar surface area (TPSA) is 66.6 Å². The molecule has 2 heterocycles. The fourth-order valence-electron chi connectivity index (χ4n) is 3.37. The highest BCUT2D eigenvalue weighted by atomic mass is 16.2. The van der Waals surface area contributed by atoms with Crippen molar-refractivity contribution in [1.29, 1.82) is 0 Å². The van der Waals surface area contributed by atoms with Crippen molar-refractivity contribution in [2.45, 2.75) is 57.9 Å². The average molecular weight is 295 g/mol. The summed E-state index contributed by atoms with van der Waals surface area (Å²) in [4.78, 5) is 28.0. The van der Waals surface area contributed by atoms with Crippen LogP contribution in [-0.2, 0) is 9.59 Å². The van der Waals surface area contributed by atoms with Crippen LogP contribution in [0.3, 0.4) is 0 Å². The minimum Gasteiger partial charge on any atom is -0.342 e. The van der Waals surface area contributed by atoms with Crippen LogP contribution in [0.15, 0.2) is 0 Å². The van der Waals surface area contributed by atoms with Gasteiger partial charge < -0.3 is 15.5 Å². The van der Waals surface area contributed by atoms with Gasteiger partial charge in [-0.1, -0.05) is 13.3 Å². The summed E-state index contributed by atoms with van der Waals surface area (Å²) in [6.45, 7) is 5.43. The molecule has 0 aromatic rings. The SMILES string of the molecule is CCCC(N)C(=O)N1CCC(CN2CCCCC2=O)CC1. The molecule has 2 aliphatic rings. The van der Waals surface area contributed by atoms with Crippen molar-refractivity contribution in [1.82, 2.24) is 9.80 Å². The van der Waals surface area contributed by atoms with Gasteiger partial charge in [0.15, 0.2) is 0 Å². The lowest BCUT2D eigenvalue weighted by molar-refractivity contribution is -0.137. The predicted molar refractivity (Wildman–Crippen MR) is 82.6 cm³/mol. The molecule has 5 heteroatoms. The van der Waals surface area contributed by atoms with Gasteiger partial charge in [0.1, 0.15) is 0 Å². The summed E-state index contributed by atoms with van der Waals surface area (Å²) in [5.74, 6) is 0.951. The number of carbonyl (C=O) groups is 2. The van der Waals surface area contributed by atoms with Crippen molar-refractivity contribution < 1.29 is 9.59 Å². The lowest BCUT2D eigenvalue weighted by atomic mass is 9.94. The molecule has 2 amide bonds. The Morgan fingerprint density at radius 3 is 2.62 bits per heavy atom. The molecule has 5 nitrogen and oxygen atoms in total. The third kappa shape index (κ3) is 4.43. The fraction of sp³-hybridized carbons (Fsp3) is 0.875. The van der Waals surface area contributed by atoms with E-state index in [1.54, 1.807) is 0 Å². The first-order chi connectivity index (χ1) is 10.1. The van der Waals surface area contributed by atoms with Gasteiger partial charge in [-0.2, -0.15) is 0 Å². The van der Waals surface area contributed by atoms with Crippen LogP contribution in [0.25, 0.3) is 0 Å². The molecule has 0 aliphatic carbocycles. The van der Waals surface area contributed by atoms with E-state index in [2.05, 4.69) is 6.92 Å². The molecule has 2 saturated heterocycles.